The van der Waals surface area contributed by atoms with Crippen molar-refractivity contribution in [3.8, 4) is 0 Å². The van der Waals surface area contributed by atoms with Crippen LogP contribution in [-0.4, -0.2) is 11.0 Å². The Morgan fingerprint density at radius 2 is 1.84 bits per heavy atom. The van der Waals surface area contributed by atoms with E-state index >= 15 is 0 Å². The predicted molar refractivity (Wildman–Crippen MR) is 79.9 cm³/mol. The number of nitrogens with two attached hydrogens (primary N) is 2. The van der Waals surface area contributed by atoms with Crippen molar-refractivity contribution >= 4 is 10.9 Å². The molecule has 3 rings (SSSR count). The molecule has 0 amide bonds. The van der Waals surface area contributed by atoms with Gasteiger partial charge >= 0.3 is 0 Å². The van der Waals surface area contributed by atoms with Crippen LogP contribution in [0.15, 0.2) is 24.3 Å². The summed E-state index contributed by atoms with van der Waals surface area (Å²) in [5, 5.41) is 1.28. The maximum absolute atomic E-state index is 6.57. The Bertz CT molecular complexity index is 564. The zero-order valence-electron chi connectivity index (χ0n) is 11.5. The fourth-order valence-corrected chi connectivity index (χ4v) is 3.47. The molecule has 1 aromatic carbocycles. The van der Waals surface area contributed by atoms with Gasteiger partial charge in [0.2, 0.25) is 0 Å². The van der Waals surface area contributed by atoms with Crippen LogP contribution >= 0.6 is 0 Å². The van der Waals surface area contributed by atoms with E-state index in [4.69, 9.17) is 11.5 Å². The summed E-state index contributed by atoms with van der Waals surface area (Å²) in [6.07, 6.45) is 4.53. The standard InChI is InChI=1S/C16H23N3/c1-10-15(13-4-2-3-5-14(13)19-10)16(18)11-6-8-12(17)9-7-11/h2-5,11-12,16,19H,6-9,17-18H2,1H3. The second-order valence-corrected chi connectivity index (χ2v) is 5.91. The highest BCUT2D eigenvalue weighted by Crippen LogP contribution is 2.36. The highest BCUT2D eigenvalue weighted by molar-refractivity contribution is 5.85. The second kappa shape index (κ2) is 4.99. The normalized spacial score (nSPS) is 25.6. The van der Waals surface area contributed by atoms with Gasteiger partial charge in [-0.1, -0.05) is 18.2 Å². The Balaban J connectivity index is 1.93. The first-order valence-corrected chi connectivity index (χ1v) is 7.25. The molecule has 3 heteroatoms. The van der Waals surface area contributed by atoms with Crippen molar-refractivity contribution in [1.29, 1.82) is 0 Å². The molecule has 1 atom stereocenters. The molecule has 1 aromatic heterocycles. The first kappa shape index (κ1) is 12.7. The van der Waals surface area contributed by atoms with E-state index in [9.17, 15) is 0 Å². The molecule has 0 spiro atoms. The zero-order valence-corrected chi connectivity index (χ0v) is 11.5. The maximum atomic E-state index is 6.57. The van der Waals surface area contributed by atoms with Crippen LogP contribution in [0.1, 0.15) is 43.0 Å². The number of hydrogen-bond acceptors (Lipinski definition) is 2. The van der Waals surface area contributed by atoms with Crippen LogP contribution in [0, 0.1) is 12.8 Å². The molecule has 0 saturated heterocycles. The van der Waals surface area contributed by atoms with Gasteiger partial charge in [-0.05, 0) is 50.2 Å². The van der Waals surface area contributed by atoms with Crippen LogP contribution in [0.5, 0.6) is 0 Å². The lowest BCUT2D eigenvalue weighted by molar-refractivity contribution is 0.285. The van der Waals surface area contributed by atoms with Gasteiger partial charge in [0.05, 0.1) is 0 Å². The SMILES string of the molecule is Cc1[nH]c2ccccc2c1C(N)C1CCC(N)CC1. The maximum Gasteiger partial charge on any atom is 0.0459 e. The number of aromatic nitrogens is 1. The van der Waals surface area contributed by atoms with Gasteiger partial charge < -0.3 is 16.5 Å². The molecule has 102 valence electrons. The first-order chi connectivity index (χ1) is 9.16. The molecular weight excluding hydrogens is 234 g/mol. The third-order valence-electron chi connectivity index (χ3n) is 4.60. The van der Waals surface area contributed by atoms with E-state index in [2.05, 4.69) is 36.2 Å². The largest absolute Gasteiger partial charge is 0.358 e. The Morgan fingerprint density at radius 1 is 1.16 bits per heavy atom. The van der Waals surface area contributed by atoms with Crippen LogP contribution in [0.2, 0.25) is 0 Å². The van der Waals surface area contributed by atoms with E-state index < -0.39 is 0 Å². The molecule has 19 heavy (non-hydrogen) atoms. The lowest BCUT2D eigenvalue weighted by Crippen LogP contribution is -2.31. The lowest BCUT2D eigenvalue weighted by Gasteiger charge is -2.30. The minimum atomic E-state index is 0.128. The van der Waals surface area contributed by atoms with E-state index in [0.717, 1.165) is 25.7 Å². The molecule has 0 aliphatic heterocycles. The van der Waals surface area contributed by atoms with Gasteiger partial charge in [0.25, 0.3) is 0 Å². The van der Waals surface area contributed by atoms with E-state index in [1.165, 1.54) is 22.2 Å². The van der Waals surface area contributed by atoms with Gasteiger partial charge in [-0.2, -0.15) is 0 Å². The number of fused-ring (bicyclic) bond motifs is 1. The summed E-state index contributed by atoms with van der Waals surface area (Å²) in [4.78, 5) is 3.45. The van der Waals surface area contributed by atoms with Crippen LogP contribution in [-0.2, 0) is 0 Å². The average Bonchev–Trinajstić information content (AvgIpc) is 2.74. The van der Waals surface area contributed by atoms with Gasteiger partial charge in [-0.25, -0.2) is 0 Å². The van der Waals surface area contributed by atoms with E-state index in [1.54, 1.807) is 0 Å². The predicted octanol–water partition coefficient (Wildman–Crippen LogP) is 2.99. The fraction of sp³-hybridized carbons (Fsp3) is 0.500. The van der Waals surface area contributed by atoms with Gasteiger partial charge in [0, 0.05) is 28.7 Å². The Kier molecular flexibility index (Phi) is 3.33. The molecule has 2 aromatic rings. The molecule has 1 heterocycles. The summed E-state index contributed by atoms with van der Waals surface area (Å²) in [5.41, 5.74) is 16.3. The van der Waals surface area contributed by atoms with Crippen LogP contribution in [0.25, 0.3) is 10.9 Å². The number of benzene rings is 1. The third kappa shape index (κ3) is 2.28. The van der Waals surface area contributed by atoms with E-state index in [-0.39, 0.29) is 6.04 Å². The lowest BCUT2D eigenvalue weighted by atomic mass is 9.79. The van der Waals surface area contributed by atoms with Crippen LogP contribution in [0.4, 0.5) is 0 Å². The summed E-state index contributed by atoms with van der Waals surface area (Å²) in [6.45, 7) is 2.13. The molecule has 0 bridgehead atoms. The highest BCUT2D eigenvalue weighted by Gasteiger charge is 2.27. The van der Waals surface area contributed by atoms with Crippen molar-refractivity contribution in [3.05, 3.63) is 35.5 Å². The molecule has 1 aliphatic rings. The number of aryl methyl sites for hydroxylation is 1. The molecular formula is C16H23N3. The van der Waals surface area contributed by atoms with Crippen molar-refractivity contribution in [2.24, 2.45) is 17.4 Å². The van der Waals surface area contributed by atoms with Crippen molar-refractivity contribution in [2.45, 2.75) is 44.7 Å². The highest BCUT2D eigenvalue weighted by atomic mass is 14.8. The summed E-state index contributed by atoms with van der Waals surface area (Å²) in [6, 6.07) is 8.95. The summed E-state index contributed by atoms with van der Waals surface area (Å²) in [5.74, 6) is 0.567. The van der Waals surface area contributed by atoms with Gasteiger partial charge in [-0.15, -0.1) is 0 Å². The van der Waals surface area contributed by atoms with Crippen molar-refractivity contribution < 1.29 is 0 Å². The molecule has 0 radical (unpaired) electrons. The molecule has 1 fully saturated rings. The van der Waals surface area contributed by atoms with Gasteiger partial charge in [0.15, 0.2) is 0 Å². The first-order valence-electron chi connectivity index (χ1n) is 7.25. The van der Waals surface area contributed by atoms with Crippen LogP contribution in [0.3, 0.4) is 0 Å². The summed E-state index contributed by atoms with van der Waals surface area (Å²) >= 11 is 0. The number of para-hydroxylation sites is 1. The van der Waals surface area contributed by atoms with E-state index in [1.807, 2.05) is 0 Å². The number of hydrogen-bond donors (Lipinski definition) is 3. The number of aromatic amines is 1. The quantitative estimate of drug-likeness (QED) is 0.774. The summed E-state index contributed by atoms with van der Waals surface area (Å²) < 4.78 is 0. The third-order valence-corrected chi connectivity index (χ3v) is 4.60. The van der Waals surface area contributed by atoms with Gasteiger partial charge in [0.1, 0.15) is 0 Å². The van der Waals surface area contributed by atoms with E-state index in [0.29, 0.717) is 12.0 Å². The number of H-pyrrole nitrogens is 1. The van der Waals surface area contributed by atoms with Crippen molar-refractivity contribution in [1.82, 2.24) is 4.98 Å². The minimum absolute atomic E-state index is 0.128. The molecule has 1 unspecified atom stereocenters. The zero-order chi connectivity index (χ0) is 13.4. The number of rotatable bonds is 2. The van der Waals surface area contributed by atoms with Crippen LogP contribution < -0.4 is 11.5 Å². The minimum Gasteiger partial charge on any atom is -0.358 e. The number of nitrogens with one attached hydrogen (secondary N) is 1. The Morgan fingerprint density at radius 3 is 2.58 bits per heavy atom. The van der Waals surface area contributed by atoms with Crippen molar-refractivity contribution in [2.75, 3.05) is 0 Å². The average molecular weight is 257 g/mol. The molecule has 1 aliphatic carbocycles. The fourth-order valence-electron chi connectivity index (χ4n) is 3.47. The molecule has 1 saturated carbocycles. The summed E-state index contributed by atoms with van der Waals surface area (Å²) in [7, 11) is 0. The second-order valence-electron chi connectivity index (χ2n) is 5.91. The Hall–Kier alpha value is -1.32. The van der Waals surface area contributed by atoms with Gasteiger partial charge in [-0.3, -0.25) is 0 Å². The topological polar surface area (TPSA) is 67.8 Å². The monoisotopic (exact) mass is 257 g/mol. The Labute approximate surface area is 114 Å². The van der Waals surface area contributed by atoms with Crippen molar-refractivity contribution in [3.63, 3.8) is 0 Å². The molecule has 3 nitrogen and oxygen atoms in total. The smallest absolute Gasteiger partial charge is 0.0459 e. The molecule has 5 N–H and O–H groups in total.